The van der Waals surface area contributed by atoms with E-state index in [1.807, 2.05) is 43.3 Å². The van der Waals surface area contributed by atoms with Crippen LogP contribution < -0.4 is 10.6 Å². The van der Waals surface area contributed by atoms with Gasteiger partial charge < -0.3 is 5.32 Å². The third kappa shape index (κ3) is 2.81. The summed E-state index contributed by atoms with van der Waals surface area (Å²) < 4.78 is 0. The molecule has 2 atom stereocenters. The number of benzene rings is 2. The van der Waals surface area contributed by atoms with Gasteiger partial charge in [0.2, 0.25) is 0 Å². The van der Waals surface area contributed by atoms with Crippen molar-refractivity contribution in [3.05, 3.63) is 83.1 Å². The van der Waals surface area contributed by atoms with Crippen molar-refractivity contribution in [3.8, 4) is 0 Å². The fourth-order valence-corrected chi connectivity index (χ4v) is 3.00. The zero-order chi connectivity index (χ0) is 15.5. The molecule has 0 unspecified atom stereocenters. The zero-order valence-corrected chi connectivity index (χ0v) is 12.8. The van der Waals surface area contributed by atoms with E-state index in [2.05, 4.69) is 34.9 Å². The SMILES string of the molecule is CC(=O)C1=C(C)N[C@@H](c2ccccc2)N[C@H]1c1ccccc1. The normalized spacial score (nSPS) is 21.4. The van der Waals surface area contributed by atoms with Gasteiger partial charge in [0.05, 0.1) is 6.04 Å². The average molecular weight is 292 g/mol. The fourth-order valence-electron chi connectivity index (χ4n) is 3.00. The van der Waals surface area contributed by atoms with E-state index < -0.39 is 0 Å². The van der Waals surface area contributed by atoms with Crippen LogP contribution in [0.2, 0.25) is 0 Å². The van der Waals surface area contributed by atoms with Crippen LogP contribution in [0.3, 0.4) is 0 Å². The van der Waals surface area contributed by atoms with Gasteiger partial charge in [0.25, 0.3) is 0 Å². The van der Waals surface area contributed by atoms with Crippen LogP contribution in [-0.2, 0) is 4.79 Å². The Bertz CT molecular complexity index is 692. The van der Waals surface area contributed by atoms with Crippen LogP contribution in [0.5, 0.6) is 0 Å². The second-order valence-electron chi connectivity index (χ2n) is 5.59. The molecule has 0 amide bonds. The topological polar surface area (TPSA) is 41.1 Å². The maximum Gasteiger partial charge on any atom is 0.159 e. The van der Waals surface area contributed by atoms with E-state index in [1.54, 1.807) is 6.92 Å². The first-order valence-electron chi connectivity index (χ1n) is 7.51. The highest BCUT2D eigenvalue weighted by atomic mass is 16.1. The molecule has 3 heteroatoms. The largest absolute Gasteiger partial charge is 0.369 e. The lowest BCUT2D eigenvalue weighted by Crippen LogP contribution is -2.43. The lowest BCUT2D eigenvalue weighted by Gasteiger charge is -2.35. The van der Waals surface area contributed by atoms with Gasteiger partial charge in [-0.15, -0.1) is 0 Å². The van der Waals surface area contributed by atoms with Crippen molar-refractivity contribution in [2.24, 2.45) is 0 Å². The number of allylic oxidation sites excluding steroid dienone is 1. The van der Waals surface area contributed by atoms with E-state index in [0.29, 0.717) is 0 Å². The first kappa shape index (κ1) is 14.5. The van der Waals surface area contributed by atoms with Crippen molar-refractivity contribution in [3.63, 3.8) is 0 Å². The number of hydrogen-bond acceptors (Lipinski definition) is 3. The summed E-state index contributed by atoms with van der Waals surface area (Å²) in [5.41, 5.74) is 4.01. The van der Waals surface area contributed by atoms with Crippen LogP contribution in [0.4, 0.5) is 0 Å². The predicted molar refractivity (Wildman–Crippen MR) is 88.0 cm³/mol. The second-order valence-corrected chi connectivity index (χ2v) is 5.59. The Morgan fingerprint density at radius 2 is 1.45 bits per heavy atom. The van der Waals surface area contributed by atoms with Crippen molar-refractivity contribution >= 4 is 5.78 Å². The Kier molecular flexibility index (Phi) is 4.07. The molecular weight excluding hydrogens is 272 g/mol. The number of carbonyl (C=O) groups excluding carboxylic acids is 1. The van der Waals surface area contributed by atoms with Gasteiger partial charge in [0, 0.05) is 11.3 Å². The van der Waals surface area contributed by atoms with Crippen molar-refractivity contribution in [1.29, 1.82) is 0 Å². The molecule has 112 valence electrons. The van der Waals surface area contributed by atoms with E-state index in [0.717, 1.165) is 22.4 Å². The molecule has 1 aliphatic rings. The Balaban J connectivity index is 2.01. The summed E-state index contributed by atoms with van der Waals surface area (Å²) in [6, 6.07) is 20.2. The Hall–Kier alpha value is -2.39. The van der Waals surface area contributed by atoms with Crippen LogP contribution >= 0.6 is 0 Å². The highest BCUT2D eigenvalue weighted by molar-refractivity contribution is 5.95. The van der Waals surface area contributed by atoms with Crippen LogP contribution in [0.15, 0.2) is 71.9 Å². The zero-order valence-electron chi connectivity index (χ0n) is 12.8. The first-order chi connectivity index (χ1) is 10.7. The van der Waals surface area contributed by atoms with Crippen LogP contribution in [-0.4, -0.2) is 5.78 Å². The molecule has 0 radical (unpaired) electrons. The molecule has 22 heavy (non-hydrogen) atoms. The summed E-state index contributed by atoms with van der Waals surface area (Å²) in [6.07, 6.45) is -0.00509. The van der Waals surface area contributed by atoms with E-state index in [9.17, 15) is 4.79 Å². The maximum atomic E-state index is 12.1. The summed E-state index contributed by atoms with van der Waals surface area (Å²) in [5.74, 6) is 0.0952. The van der Waals surface area contributed by atoms with Crippen molar-refractivity contribution < 1.29 is 4.79 Å². The summed E-state index contributed by atoms with van der Waals surface area (Å²) in [5, 5.41) is 6.97. The van der Waals surface area contributed by atoms with Gasteiger partial charge in [-0.25, -0.2) is 0 Å². The lowest BCUT2D eigenvalue weighted by molar-refractivity contribution is -0.114. The number of hydrogen-bond donors (Lipinski definition) is 2. The van der Waals surface area contributed by atoms with Gasteiger partial charge in [-0.05, 0) is 25.0 Å². The van der Waals surface area contributed by atoms with E-state index >= 15 is 0 Å². The molecule has 3 nitrogen and oxygen atoms in total. The molecule has 0 saturated heterocycles. The minimum atomic E-state index is -0.0924. The Labute approximate surface area is 131 Å². The molecule has 2 aromatic carbocycles. The fraction of sp³-hybridized carbons (Fsp3) is 0.211. The number of Topliss-reactive ketones (excluding diaryl/α,β-unsaturated/α-hetero) is 1. The third-order valence-electron chi connectivity index (χ3n) is 4.03. The highest BCUT2D eigenvalue weighted by Crippen LogP contribution is 2.31. The van der Waals surface area contributed by atoms with Crippen LogP contribution in [0, 0.1) is 0 Å². The van der Waals surface area contributed by atoms with Gasteiger partial charge >= 0.3 is 0 Å². The number of ketones is 1. The molecule has 0 aliphatic carbocycles. The molecule has 1 aliphatic heterocycles. The van der Waals surface area contributed by atoms with Gasteiger partial charge in [0.15, 0.2) is 5.78 Å². The molecule has 0 bridgehead atoms. The maximum absolute atomic E-state index is 12.1. The smallest absolute Gasteiger partial charge is 0.159 e. The summed E-state index contributed by atoms with van der Waals surface area (Å²) >= 11 is 0. The molecule has 0 aromatic heterocycles. The van der Waals surface area contributed by atoms with E-state index in [4.69, 9.17) is 0 Å². The number of nitrogens with one attached hydrogen (secondary N) is 2. The minimum Gasteiger partial charge on any atom is -0.369 e. The lowest BCUT2D eigenvalue weighted by atomic mass is 9.91. The minimum absolute atomic E-state index is 0.00509. The summed E-state index contributed by atoms with van der Waals surface area (Å²) in [6.45, 7) is 3.60. The molecular formula is C19H20N2O. The van der Waals surface area contributed by atoms with Crippen LogP contribution in [0.25, 0.3) is 0 Å². The summed E-state index contributed by atoms with van der Waals surface area (Å²) in [7, 11) is 0. The van der Waals surface area contributed by atoms with Gasteiger partial charge in [-0.2, -0.15) is 0 Å². The van der Waals surface area contributed by atoms with Crippen molar-refractivity contribution in [1.82, 2.24) is 10.6 Å². The van der Waals surface area contributed by atoms with Gasteiger partial charge in [-0.1, -0.05) is 60.7 Å². The molecule has 0 spiro atoms. The number of carbonyl (C=O) groups is 1. The molecule has 2 aromatic rings. The van der Waals surface area contributed by atoms with E-state index in [-0.39, 0.29) is 18.0 Å². The first-order valence-corrected chi connectivity index (χ1v) is 7.51. The summed E-state index contributed by atoms with van der Waals surface area (Å²) in [4.78, 5) is 12.1. The van der Waals surface area contributed by atoms with Gasteiger partial charge in [0.1, 0.15) is 6.17 Å². The second kappa shape index (κ2) is 6.16. The van der Waals surface area contributed by atoms with Crippen LogP contribution in [0.1, 0.15) is 37.2 Å². The monoisotopic (exact) mass is 292 g/mol. The Morgan fingerprint density at radius 3 is 2.00 bits per heavy atom. The standard InChI is InChI=1S/C19H20N2O/c1-13-17(14(2)22)18(15-9-5-3-6-10-15)21-19(20-13)16-11-7-4-8-12-16/h3-12,18-21H,1-2H3/t18-,19+/m0/s1. The molecule has 0 saturated carbocycles. The average Bonchev–Trinajstić information content (AvgIpc) is 2.55. The molecule has 1 heterocycles. The third-order valence-corrected chi connectivity index (χ3v) is 4.03. The van der Waals surface area contributed by atoms with Gasteiger partial charge in [-0.3, -0.25) is 10.1 Å². The van der Waals surface area contributed by atoms with E-state index in [1.165, 1.54) is 0 Å². The number of rotatable bonds is 3. The Morgan fingerprint density at radius 1 is 0.909 bits per heavy atom. The highest BCUT2D eigenvalue weighted by Gasteiger charge is 2.30. The molecule has 0 fully saturated rings. The molecule has 2 N–H and O–H groups in total. The molecule has 3 rings (SSSR count). The van der Waals surface area contributed by atoms with Crippen molar-refractivity contribution in [2.45, 2.75) is 26.1 Å². The predicted octanol–water partition coefficient (Wildman–Crippen LogP) is 3.48. The quantitative estimate of drug-likeness (QED) is 0.910. The van der Waals surface area contributed by atoms with Crippen molar-refractivity contribution in [2.75, 3.05) is 0 Å².